The highest BCUT2D eigenvalue weighted by molar-refractivity contribution is 6.74. The zero-order valence-electron chi connectivity index (χ0n) is 28.6. The number of rotatable bonds is 15. The molecule has 0 aliphatic rings. The molecule has 0 N–H and O–H groups in total. The normalized spacial score (nSPS) is 13.2. The van der Waals surface area contributed by atoms with Crippen LogP contribution in [-0.2, 0) is 30.9 Å². The van der Waals surface area contributed by atoms with Gasteiger partial charge in [0.2, 0.25) is 0 Å². The number of carbonyl (C=O) groups is 1. The molecule has 0 aliphatic heterocycles. The van der Waals surface area contributed by atoms with Gasteiger partial charge in [-0.05, 0) is 58.9 Å². The standard InChI is InChI=1S/C41H48O5Si/c1-39(2,3)47(5,6)46-30-18-10-17-29-40(32-42,44-31-34-25-27-38(43-4)28-26-34)33-45-41(35-19-11-7-12-20-35,36-21-13-8-14-22-36)37-23-15-9-16-24-37/h7-9,11-16,19-28,32H,17,29-31,33H2,1-6H3/t40-/m1/s1. The maximum atomic E-state index is 13.1. The minimum atomic E-state index is -1.91. The molecule has 0 saturated carbocycles. The number of benzene rings is 4. The van der Waals surface area contributed by atoms with E-state index in [1.165, 1.54) is 0 Å². The lowest BCUT2D eigenvalue weighted by Crippen LogP contribution is -2.44. The summed E-state index contributed by atoms with van der Waals surface area (Å²) in [5.74, 6) is 7.18. The highest BCUT2D eigenvalue weighted by Crippen LogP contribution is 2.41. The van der Waals surface area contributed by atoms with Crippen LogP contribution in [0.2, 0.25) is 18.1 Å². The predicted octanol–water partition coefficient (Wildman–Crippen LogP) is 8.96. The number of hydrogen-bond acceptors (Lipinski definition) is 5. The molecular weight excluding hydrogens is 601 g/mol. The third-order valence-electron chi connectivity index (χ3n) is 9.08. The monoisotopic (exact) mass is 648 g/mol. The van der Waals surface area contributed by atoms with Crippen molar-refractivity contribution in [2.24, 2.45) is 0 Å². The molecule has 0 bridgehead atoms. The van der Waals surface area contributed by atoms with Crippen LogP contribution < -0.4 is 4.74 Å². The van der Waals surface area contributed by atoms with Gasteiger partial charge in [-0.15, -0.1) is 5.92 Å². The molecule has 6 heteroatoms. The fourth-order valence-electron chi connectivity index (χ4n) is 5.11. The maximum Gasteiger partial charge on any atom is 0.193 e. The van der Waals surface area contributed by atoms with Crippen molar-refractivity contribution in [2.75, 3.05) is 20.3 Å². The van der Waals surface area contributed by atoms with Gasteiger partial charge in [-0.2, -0.15) is 0 Å². The minimum absolute atomic E-state index is 0.00743. The first-order valence-corrected chi connectivity index (χ1v) is 19.1. The Bertz CT molecular complexity index is 1490. The van der Waals surface area contributed by atoms with Gasteiger partial charge in [-0.3, -0.25) is 0 Å². The number of ether oxygens (including phenoxy) is 3. The van der Waals surface area contributed by atoms with E-state index in [0.717, 1.165) is 34.3 Å². The summed E-state index contributed by atoms with van der Waals surface area (Å²) in [5, 5.41) is 0.108. The molecule has 0 saturated heterocycles. The third-order valence-corrected chi connectivity index (χ3v) is 13.6. The number of aldehydes is 1. The highest BCUT2D eigenvalue weighted by Gasteiger charge is 2.42. The smallest absolute Gasteiger partial charge is 0.193 e. The van der Waals surface area contributed by atoms with E-state index in [1.54, 1.807) is 7.11 Å². The van der Waals surface area contributed by atoms with Crippen LogP contribution in [-0.4, -0.2) is 40.5 Å². The maximum absolute atomic E-state index is 13.1. The number of methoxy groups -OCH3 is 1. The summed E-state index contributed by atoms with van der Waals surface area (Å²) < 4.78 is 25.2. The van der Waals surface area contributed by atoms with E-state index in [0.29, 0.717) is 19.4 Å². The van der Waals surface area contributed by atoms with Crippen molar-refractivity contribution in [3.8, 4) is 17.6 Å². The molecule has 0 aromatic heterocycles. The molecule has 0 heterocycles. The number of hydrogen-bond donors (Lipinski definition) is 0. The van der Waals surface area contributed by atoms with Crippen molar-refractivity contribution in [3.63, 3.8) is 0 Å². The SMILES string of the molecule is COc1ccc(CO[C@@](C=O)(CCC#CCO[Si](C)(C)C(C)(C)C)COC(c2ccccc2)(c2ccccc2)c2ccccc2)cc1. The molecule has 0 radical (unpaired) electrons. The Kier molecular flexibility index (Phi) is 12.4. The molecule has 47 heavy (non-hydrogen) atoms. The van der Waals surface area contributed by atoms with E-state index in [2.05, 4.69) is 82.1 Å². The largest absolute Gasteiger partial charge is 0.497 e. The Morgan fingerprint density at radius 2 is 1.21 bits per heavy atom. The molecule has 246 valence electrons. The minimum Gasteiger partial charge on any atom is -0.497 e. The van der Waals surface area contributed by atoms with Gasteiger partial charge < -0.3 is 23.4 Å². The van der Waals surface area contributed by atoms with Crippen molar-refractivity contribution in [2.45, 2.75) is 69.6 Å². The summed E-state index contributed by atoms with van der Waals surface area (Å²) in [4.78, 5) is 13.1. The summed E-state index contributed by atoms with van der Waals surface area (Å²) in [6.45, 7) is 11.7. The van der Waals surface area contributed by atoms with Crippen LogP contribution in [0.25, 0.3) is 0 Å². The topological polar surface area (TPSA) is 54.0 Å². The van der Waals surface area contributed by atoms with Crippen LogP contribution in [0.5, 0.6) is 5.75 Å². The Labute approximate surface area is 282 Å². The summed E-state index contributed by atoms with van der Waals surface area (Å²) in [7, 11) is -0.272. The van der Waals surface area contributed by atoms with Crippen LogP contribution in [0.15, 0.2) is 115 Å². The van der Waals surface area contributed by atoms with Gasteiger partial charge in [0.05, 0.1) is 26.9 Å². The average molecular weight is 649 g/mol. The zero-order chi connectivity index (χ0) is 33.8. The summed E-state index contributed by atoms with van der Waals surface area (Å²) in [6, 6.07) is 38.1. The zero-order valence-corrected chi connectivity index (χ0v) is 29.6. The van der Waals surface area contributed by atoms with E-state index in [-0.39, 0.29) is 18.3 Å². The third kappa shape index (κ3) is 9.09. The molecule has 4 aromatic carbocycles. The molecule has 1 atom stereocenters. The second kappa shape index (κ2) is 16.2. The predicted molar refractivity (Wildman–Crippen MR) is 192 cm³/mol. The van der Waals surface area contributed by atoms with Crippen LogP contribution >= 0.6 is 0 Å². The lowest BCUT2D eigenvalue weighted by molar-refractivity contribution is -0.154. The molecule has 5 nitrogen and oxygen atoms in total. The molecule has 0 amide bonds. The molecule has 0 unspecified atom stereocenters. The Balaban J connectivity index is 1.67. The van der Waals surface area contributed by atoms with Gasteiger partial charge in [0.15, 0.2) is 14.6 Å². The van der Waals surface area contributed by atoms with Gasteiger partial charge in [0.25, 0.3) is 0 Å². The van der Waals surface area contributed by atoms with Crippen molar-refractivity contribution >= 4 is 14.6 Å². The van der Waals surface area contributed by atoms with Gasteiger partial charge in [-0.1, -0.05) is 130 Å². The molecule has 4 rings (SSSR count). The second-order valence-electron chi connectivity index (χ2n) is 13.3. The van der Waals surface area contributed by atoms with E-state index < -0.39 is 19.5 Å². The summed E-state index contributed by atoms with van der Waals surface area (Å²) >= 11 is 0. The fraction of sp³-hybridized carbons (Fsp3) is 0.341. The molecule has 0 aliphatic carbocycles. The van der Waals surface area contributed by atoms with Crippen LogP contribution in [0, 0.1) is 11.8 Å². The van der Waals surface area contributed by atoms with Gasteiger partial charge in [0, 0.05) is 6.42 Å². The molecule has 0 spiro atoms. The van der Waals surface area contributed by atoms with Crippen LogP contribution in [0.1, 0.15) is 55.9 Å². The molecule has 4 aromatic rings. The van der Waals surface area contributed by atoms with Gasteiger partial charge in [0.1, 0.15) is 17.0 Å². The Morgan fingerprint density at radius 1 is 0.702 bits per heavy atom. The first-order chi connectivity index (χ1) is 22.6. The first kappa shape index (κ1) is 35.9. The highest BCUT2D eigenvalue weighted by atomic mass is 28.4. The lowest BCUT2D eigenvalue weighted by Gasteiger charge is -2.39. The van der Waals surface area contributed by atoms with Crippen molar-refractivity contribution < 1.29 is 23.4 Å². The second-order valence-corrected chi connectivity index (χ2v) is 18.1. The van der Waals surface area contributed by atoms with E-state index in [9.17, 15) is 4.79 Å². The Morgan fingerprint density at radius 3 is 1.66 bits per heavy atom. The van der Waals surface area contributed by atoms with Gasteiger partial charge in [-0.25, -0.2) is 0 Å². The summed E-state index contributed by atoms with van der Waals surface area (Å²) in [5.41, 5.74) is 1.52. The lowest BCUT2D eigenvalue weighted by atomic mass is 9.80. The molecule has 0 fully saturated rings. The van der Waals surface area contributed by atoms with Crippen molar-refractivity contribution in [3.05, 3.63) is 138 Å². The van der Waals surface area contributed by atoms with E-state index in [1.807, 2.05) is 78.9 Å². The van der Waals surface area contributed by atoms with Crippen molar-refractivity contribution in [1.29, 1.82) is 0 Å². The molecular formula is C41H48O5Si. The first-order valence-electron chi connectivity index (χ1n) is 16.2. The van der Waals surface area contributed by atoms with Crippen LogP contribution in [0.4, 0.5) is 0 Å². The van der Waals surface area contributed by atoms with Gasteiger partial charge >= 0.3 is 0 Å². The average Bonchev–Trinajstić information content (AvgIpc) is 3.09. The van der Waals surface area contributed by atoms with E-state index >= 15 is 0 Å². The quantitative estimate of drug-likeness (QED) is 0.0558. The summed E-state index contributed by atoms with van der Waals surface area (Å²) in [6.07, 6.45) is 1.69. The van der Waals surface area contributed by atoms with Crippen molar-refractivity contribution in [1.82, 2.24) is 0 Å². The fourth-order valence-corrected chi connectivity index (χ4v) is 5.97. The Hall–Kier alpha value is -3.99. The number of carbonyl (C=O) groups excluding carboxylic acids is 1. The van der Waals surface area contributed by atoms with Crippen LogP contribution in [0.3, 0.4) is 0 Å². The van der Waals surface area contributed by atoms with E-state index in [4.69, 9.17) is 18.6 Å².